The van der Waals surface area contributed by atoms with Crippen molar-refractivity contribution in [2.45, 2.75) is 6.92 Å². The van der Waals surface area contributed by atoms with Crippen molar-refractivity contribution in [3.63, 3.8) is 0 Å². The number of fused-ring (bicyclic) bond motifs is 3. The summed E-state index contributed by atoms with van der Waals surface area (Å²) in [7, 11) is 0. The Morgan fingerprint density at radius 1 is 1.27 bits per heavy atom. The molecule has 0 saturated carbocycles. The molecule has 0 bridgehead atoms. The molecule has 0 aliphatic heterocycles. The highest BCUT2D eigenvalue weighted by molar-refractivity contribution is 7.26. The lowest BCUT2D eigenvalue weighted by atomic mass is 9.98. The van der Waals surface area contributed by atoms with Gasteiger partial charge in [0, 0.05) is 10.9 Å². The molecule has 0 aliphatic carbocycles. The summed E-state index contributed by atoms with van der Waals surface area (Å²) in [5, 5.41) is 22.4. The van der Waals surface area contributed by atoms with Crippen LogP contribution in [0.15, 0.2) is 30.3 Å². The Hall–Kier alpha value is -3.35. The van der Waals surface area contributed by atoms with Crippen LogP contribution < -0.4 is 16.0 Å². The fourth-order valence-electron chi connectivity index (χ4n) is 2.84. The molecule has 0 saturated heterocycles. The first-order chi connectivity index (χ1) is 12.8. The molecule has 0 radical (unpaired) electrons. The molecule has 1 aromatic carbocycles. The highest BCUT2D eigenvalue weighted by Gasteiger charge is 2.23. The number of nitriles is 1. The smallest absolute Gasteiger partial charge is 0.233 e. The third-order valence-electron chi connectivity index (χ3n) is 3.88. The molecule has 0 aliphatic rings. The van der Waals surface area contributed by atoms with E-state index in [0.717, 1.165) is 21.2 Å². The molecule has 128 valence electrons. The normalized spacial score (nSPS) is 10.8. The zero-order chi connectivity index (χ0) is 18.1. The van der Waals surface area contributed by atoms with E-state index in [1.54, 1.807) is 0 Å². The minimum atomic E-state index is 0.302. The maximum absolute atomic E-state index is 9.81. The first kappa shape index (κ1) is 16.1. The predicted octanol–water partition coefficient (Wildman–Crippen LogP) is 2.86. The lowest BCUT2D eigenvalue weighted by molar-refractivity contribution is 0.327. The number of nitrogens with two attached hydrogens (primary N) is 1. The Bertz CT molecular complexity index is 1150. The van der Waals surface area contributed by atoms with Gasteiger partial charge < -0.3 is 10.2 Å². The topological polar surface area (TPSA) is 123 Å². The van der Waals surface area contributed by atoms with Gasteiger partial charge in [0.15, 0.2) is 5.82 Å². The third kappa shape index (κ3) is 2.40. The Kier molecular flexibility index (Phi) is 4.04. The maximum atomic E-state index is 9.81. The van der Waals surface area contributed by atoms with Crippen molar-refractivity contribution in [3.05, 3.63) is 35.9 Å². The van der Waals surface area contributed by atoms with Crippen molar-refractivity contribution >= 4 is 37.6 Å². The van der Waals surface area contributed by atoms with E-state index in [1.165, 1.54) is 11.3 Å². The molecule has 0 spiro atoms. The number of benzene rings is 1. The Labute approximate surface area is 152 Å². The lowest BCUT2D eigenvalue weighted by Gasteiger charge is -2.11. The first-order valence-electron chi connectivity index (χ1n) is 7.83. The second-order valence-corrected chi connectivity index (χ2v) is 6.32. The average molecular weight is 363 g/mol. The second kappa shape index (κ2) is 6.51. The molecule has 0 fully saturated rings. The summed E-state index contributed by atoms with van der Waals surface area (Å²) in [6.07, 6.45) is 0. The molecule has 9 heteroatoms. The number of hydrogen-bond donors (Lipinski definition) is 2. The summed E-state index contributed by atoms with van der Waals surface area (Å²) in [5.74, 6) is 6.26. The summed E-state index contributed by atoms with van der Waals surface area (Å²) in [5.41, 5.74) is 5.09. The molecule has 3 heterocycles. The number of hydrazine groups is 1. The minimum absolute atomic E-state index is 0.302. The van der Waals surface area contributed by atoms with Crippen LogP contribution in [0.1, 0.15) is 12.5 Å². The van der Waals surface area contributed by atoms with Crippen molar-refractivity contribution in [3.8, 4) is 23.1 Å². The molecular formula is C17H13N7OS. The molecule has 3 N–H and O–H groups in total. The number of hydrogen-bond acceptors (Lipinski definition) is 9. The minimum Gasteiger partial charge on any atom is -0.477 e. The molecule has 0 atom stereocenters. The van der Waals surface area contributed by atoms with Gasteiger partial charge in [-0.15, -0.1) is 21.5 Å². The number of pyridine rings is 1. The zero-order valence-corrected chi connectivity index (χ0v) is 14.5. The number of nitrogens with one attached hydrogen (secondary N) is 1. The monoisotopic (exact) mass is 363 g/mol. The number of ether oxygens (including phenoxy) is 1. The van der Waals surface area contributed by atoms with Crippen LogP contribution in [0, 0.1) is 11.3 Å². The Morgan fingerprint density at radius 3 is 2.77 bits per heavy atom. The van der Waals surface area contributed by atoms with Crippen LogP contribution in [0.2, 0.25) is 0 Å². The van der Waals surface area contributed by atoms with E-state index >= 15 is 0 Å². The van der Waals surface area contributed by atoms with Gasteiger partial charge in [0.05, 0.1) is 6.61 Å². The number of nitrogen functional groups attached to an aromatic ring is 1. The van der Waals surface area contributed by atoms with Crippen LogP contribution in [0.3, 0.4) is 0 Å². The molecule has 4 aromatic rings. The van der Waals surface area contributed by atoms with Crippen LogP contribution in [0.5, 0.6) is 5.88 Å². The van der Waals surface area contributed by atoms with E-state index in [4.69, 9.17) is 10.6 Å². The quantitative estimate of drug-likeness (QED) is 0.419. The summed E-state index contributed by atoms with van der Waals surface area (Å²) in [6.45, 7) is 2.26. The van der Waals surface area contributed by atoms with Crippen molar-refractivity contribution in [2.24, 2.45) is 5.84 Å². The SMILES string of the molecule is CCOc1nc2sc3c(NN)nnnc3c2c(-c2ccccc2)c1C#N. The van der Waals surface area contributed by atoms with Crippen LogP contribution in [0.25, 0.3) is 31.6 Å². The number of rotatable bonds is 4. The lowest BCUT2D eigenvalue weighted by Crippen LogP contribution is -2.09. The van der Waals surface area contributed by atoms with Crippen molar-refractivity contribution < 1.29 is 4.74 Å². The molecule has 26 heavy (non-hydrogen) atoms. The standard InChI is InChI=1S/C17H13N7OS/c1-2-25-16-10(8-18)11(9-6-4-3-5-7-9)12-13-14(26-17(12)20-16)15(21-19)23-24-22-13/h3-7H,2,19H2,1H3,(H,21,22,23). The second-order valence-electron chi connectivity index (χ2n) is 5.32. The predicted molar refractivity (Wildman–Crippen MR) is 99.6 cm³/mol. The fourth-order valence-corrected chi connectivity index (χ4v) is 3.90. The number of nitrogens with zero attached hydrogens (tertiary/aromatic N) is 5. The van der Waals surface area contributed by atoms with E-state index in [1.807, 2.05) is 37.3 Å². The molecule has 8 nitrogen and oxygen atoms in total. The van der Waals surface area contributed by atoms with Crippen LogP contribution in [-0.2, 0) is 0 Å². The van der Waals surface area contributed by atoms with Gasteiger partial charge in [-0.3, -0.25) is 0 Å². The zero-order valence-electron chi connectivity index (χ0n) is 13.7. The number of aromatic nitrogens is 4. The molecule has 3 aromatic heterocycles. The Morgan fingerprint density at radius 2 is 2.08 bits per heavy atom. The van der Waals surface area contributed by atoms with Crippen LogP contribution in [-0.4, -0.2) is 27.0 Å². The molecule has 0 amide bonds. The molecular weight excluding hydrogens is 350 g/mol. The molecule has 0 unspecified atom stereocenters. The van der Waals surface area contributed by atoms with Crippen LogP contribution in [0.4, 0.5) is 5.82 Å². The van der Waals surface area contributed by atoms with E-state index in [-0.39, 0.29) is 0 Å². The van der Waals surface area contributed by atoms with Crippen molar-refractivity contribution in [1.29, 1.82) is 5.26 Å². The largest absolute Gasteiger partial charge is 0.477 e. The van der Waals surface area contributed by atoms with E-state index in [9.17, 15) is 5.26 Å². The first-order valence-corrected chi connectivity index (χ1v) is 8.64. The van der Waals surface area contributed by atoms with Gasteiger partial charge in [-0.2, -0.15) is 5.26 Å². The highest BCUT2D eigenvalue weighted by atomic mass is 32.1. The number of thiophene rings is 1. The van der Waals surface area contributed by atoms with Gasteiger partial charge >= 0.3 is 0 Å². The number of anilines is 1. The average Bonchev–Trinajstić information content (AvgIpc) is 3.06. The van der Waals surface area contributed by atoms with Crippen LogP contribution >= 0.6 is 11.3 Å². The van der Waals surface area contributed by atoms with Gasteiger partial charge in [-0.25, -0.2) is 10.8 Å². The van der Waals surface area contributed by atoms with Crippen molar-refractivity contribution in [1.82, 2.24) is 20.4 Å². The summed E-state index contributed by atoms with van der Waals surface area (Å²) in [4.78, 5) is 5.22. The highest BCUT2D eigenvalue weighted by Crippen LogP contribution is 2.43. The summed E-state index contributed by atoms with van der Waals surface area (Å²) in [6, 6.07) is 11.9. The third-order valence-corrected chi connectivity index (χ3v) is 4.96. The van der Waals surface area contributed by atoms with Gasteiger partial charge in [-0.1, -0.05) is 30.3 Å². The van der Waals surface area contributed by atoms with Gasteiger partial charge in [0.25, 0.3) is 0 Å². The van der Waals surface area contributed by atoms with Gasteiger partial charge in [-0.05, 0) is 17.7 Å². The maximum Gasteiger partial charge on any atom is 0.233 e. The van der Waals surface area contributed by atoms with E-state index < -0.39 is 0 Å². The molecule has 4 rings (SSSR count). The fraction of sp³-hybridized carbons (Fsp3) is 0.118. The van der Waals surface area contributed by atoms with Gasteiger partial charge in [0.2, 0.25) is 5.88 Å². The van der Waals surface area contributed by atoms with Crippen molar-refractivity contribution in [2.75, 3.05) is 12.0 Å². The van der Waals surface area contributed by atoms with Gasteiger partial charge in [0.1, 0.15) is 26.7 Å². The van der Waals surface area contributed by atoms with E-state index in [0.29, 0.717) is 34.2 Å². The summed E-state index contributed by atoms with van der Waals surface area (Å²) < 4.78 is 6.35. The van der Waals surface area contributed by atoms with E-state index in [2.05, 4.69) is 31.9 Å². The summed E-state index contributed by atoms with van der Waals surface area (Å²) >= 11 is 1.37. The Balaban J connectivity index is 2.21.